The quantitative estimate of drug-likeness (QED) is 0.784. The summed E-state index contributed by atoms with van der Waals surface area (Å²) in [6.07, 6.45) is 0.818. The lowest BCUT2D eigenvalue weighted by Crippen LogP contribution is -2.10. The van der Waals surface area contributed by atoms with Crippen molar-refractivity contribution in [3.05, 3.63) is 33.2 Å². The van der Waals surface area contributed by atoms with Gasteiger partial charge < -0.3 is 5.73 Å². The number of aryl methyl sites for hydroxylation is 1. The molecule has 0 aliphatic carbocycles. The predicted molar refractivity (Wildman–Crippen MR) is 68.4 cm³/mol. The van der Waals surface area contributed by atoms with Crippen molar-refractivity contribution >= 4 is 27.6 Å². The van der Waals surface area contributed by atoms with Gasteiger partial charge in [0.25, 0.3) is 0 Å². The maximum atomic E-state index is 6.17. The zero-order valence-electron chi connectivity index (χ0n) is 9.20. The number of fused-ring (bicyclic) bond motifs is 1. The third kappa shape index (κ3) is 1.76. The van der Waals surface area contributed by atoms with E-state index in [1.165, 1.54) is 11.3 Å². The van der Waals surface area contributed by atoms with Gasteiger partial charge in [0.15, 0.2) is 5.82 Å². The Balaban J connectivity index is 2.03. The summed E-state index contributed by atoms with van der Waals surface area (Å²) in [6.45, 7) is 2.04. The SMILES string of the molecule is CCc1nnc2sc(C(N)c3cccs3)nn12. The molecule has 0 saturated carbocycles. The van der Waals surface area contributed by atoms with E-state index < -0.39 is 0 Å². The molecule has 3 aromatic rings. The zero-order valence-corrected chi connectivity index (χ0v) is 10.8. The van der Waals surface area contributed by atoms with Crippen LogP contribution in [-0.2, 0) is 6.42 Å². The lowest BCUT2D eigenvalue weighted by atomic mass is 10.3. The van der Waals surface area contributed by atoms with Crippen molar-refractivity contribution in [1.82, 2.24) is 19.8 Å². The van der Waals surface area contributed by atoms with Gasteiger partial charge in [-0.05, 0) is 11.4 Å². The van der Waals surface area contributed by atoms with Crippen molar-refractivity contribution in [2.75, 3.05) is 0 Å². The molecular weight excluding hydrogens is 254 g/mol. The number of thiophene rings is 1. The van der Waals surface area contributed by atoms with Gasteiger partial charge in [-0.15, -0.1) is 21.5 Å². The maximum absolute atomic E-state index is 6.17. The normalized spacial score (nSPS) is 13.3. The standard InChI is InChI=1S/C10H11N5S2/c1-2-7-12-13-10-15(7)14-9(17-10)8(11)6-4-3-5-16-6/h3-5,8H,2,11H2,1H3. The van der Waals surface area contributed by atoms with Crippen LogP contribution in [0, 0.1) is 0 Å². The van der Waals surface area contributed by atoms with E-state index in [2.05, 4.69) is 15.3 Å². The number of hydrogen-bond acceptors (Lipinski definition) is 6. The molecular formula is C10H11N5S2. The second kappa shape index (κ2) is 4.17. The highest BCUT2D eigenvalue weighted by Crippen LogP contribution is 2.27. The summed E-state index contributed by atoms with van der Waals surface area (Å²) in [4.78, 5) is 1.93. The van der Waals surface area contributed by atoms with E-state index in [9.17, 15) is 0 Å². The molecule has 1 atom stereocenters. The van der Waals surface area contributed by atoms with Gasteiger partial charge in [-0.25, -0.2) is 0 Å². The molecule has 0 aliphatic rings. The van der Waals surface area contributed by atoms with Crippen LogP contribution in [0.4, 0.5) is 0 Å². The molecule has 3 rings (SSSR count). The van der Waals surface area contributed by atoms with E-state index in [-0.39, 0.29) is 6.04 Å². The van der Waals surface area contributed by atoms with Crippen LogP contribution in [0.15, 0.2) is 17.5 Å². The lowest BCUT2D eigenvalue weighted by Gasteiger charge is -2.03. The molecule has 0 spiro atoms. The van der Waals surface area contributed by atoms with Gasteiger partial charge in [-0.3, -0.25) is 0 Å². The molecule has 0 amide bonds. The average molecular weight is 265 g/mol. The molecule has 0 aliphatic heterocycles. The molecule has 0 radical (unpaired) electrons. The first kappa shape index (κ1) is 10.8. The molecule has 88 valence electrons. The fourth-order valence-corrected chi connectivity index (χ4v) is 3.29. The Labute approximate surface area is 106 Å². The molecule has 1 unspecified atom stereocenters. The Morgan fingerprint density at radius 3 is 3.06 bits per heavy atom. The minimum Gasteiger partial charge on any atom is -0.318 e. The second-order valence-corrected chi connectivity index (χ2v) is 5.56. The Morgan fingerprint density at radius 2 is 2.35 bits per heavy atom. The van der Waals surface area contributed by atoms with E-state index in [4.69, 9.17) is 5.73 Å². The smallest absolute Gasteiger partial charge is 0.234 e. The molecule has 0 fully saturated rings. The lowest BCUT2D eigenvalue weighted by molar-refractivity contribution is 0.777. The molecule has 0 saturated heterocycles. The second-order valence-electron chi connectivity index (χ2n) is 3.60. The fourth-order valence-electron chi connectivity index (χ4n) is 1.61. The van der Waals surface area contributed by atoms with Gasteiger partial charge in [0.05, 0.1) is 6.04 Å². The fraction of sp³-hybridized carbons (Fsp3) is 0.300. The van der Waals surface area contributed by atoms with Gasteiger partial charge in [0, 0.05) is 11.3 Å². The first-order valence-electron chi connectivity index (χ1n) is 5.29. The highest BCUT2D eigenvalue weighted by Gasteiger charge is 2.17. The third-order valence-electron chi connectivity index (χ3n) is 2.50. The number of aromatic nitrogens is 4. The van der Waals surface area contributed by atoms with Crippen molar-refractivity contribution in [3.8, 4) is 0 Å². The van der Waals surface area contributed by atoms with Crippen LogP contribution in [0.2, 0.25) is 0 Å². The highest BCUT2D eigenvalue weighted by atomic mass is 32.1. The summed E-state index contributed by atoms with van der Waals surface area (Å²) < 4.78 is 1.79. The van der Waals surface area contributed by atoms with E-state index in [1.54, 1.807) is 15.9 Å². The topological polar surface area (TPSA) is 69.1 Å². The van der Waals surface area contributed by atoms with Gasteiger partial charge in [0.2, 0.25) is 4.96 Å². The van der Waals surface area contributed by atoms with Crippen molar-refractivity contribution < 1.29 is 0 Å². The molecule has 17 heavy (non-hydrogen) atoms. The van der Waals surface area contributed by atoms with Crippen LogP contribution in [-0.4, -0.2) is 19.8 Å². The average Bonchev–Trinajstić information content (AvgIpc) is 3.04. The largest absolute Gasteiger partial charge is 0.318 e. The molecule has 5 nitrogen and oxygen atoms in total. The molecule has 7 heteroatoms. The Morgan fingerprint density at radius 1 is 1.47 bits per heavy atom. The van der Waals surface area contributed by atoms with Crippen molar-refractivity contribution in [3.63, 3.8) is 0 Å². The third-order valence-corrected chi connectivity index (χ3v) is 4.44. The van der Waals surface area contributed by atoms with E-state index >= 15 is 0 Å². The summed E-state index contributed by atoms with van der Waals surface area (Å²) in [5.41, 5.74) is 6.17. The minimum absolute atomic E-state index is 0.161. The monoisotopic (exact) mass is 265 g/mol. The van der Waals surface area contributed by atoms with Crippen LogP contribution in [0.5, 0.6) is 0 Å². The summed E-state index contributed by atoms with van der Waals surface area (Å²) in [5, 5.41) is 15.5. The molecule has 3 aromatic heterocycles. The van der Waals surface area contributed by atoms with Gasteiger partial charge >= 0.3 is 0 Å². The summed E-state index contributed by atoms with van der Waals surface area (Å²) in [5.74, 6) is 0.876. The number of nitrogens with two attached hydrogens (primary N) is 1. The van der Waals surface area contributed by atoms with Crippen LogP contribution in [0.3, 0.4) is 0 Å². The van der Waals surface area contributed by atoms with Gasteiger partial charge in [-0.1, -0.05) is 24.3 Å². The molecule has 0 bridgehead atoms. The summed E-state index contributed by atoms with van der Waals surface area (Å²) in [6, 6.07) is 3.86. The first-order valence-corrected chi connectivity index (χ1v) is 6.99. The zero-order chi connectivity index (χ0) is 11.8. The van der Waals surface area contributed by atoms with Crippen LogP contribution in [0.1, 0.15) is 28.7 Å². The summed E-state index contributed by atoms with van der Waals surface area (Å²) in [7, 11) is 0. The van der Waals surface area contributed by atoms with Gasteiger partial charge in [0.1, 0.15) is 5.01 Å². The van der Waals surface area contributed by atoms with E-state index in [0.29, 0.717) is 0 Å². The van der Waals surface area contributed by atoms with E-state index in [0.717, 1.165) is 27.1 Å². The number of nitrogens with zero attached hydrogens (tertiary/aromatic N) is 4. The van der Waals surface area contributed by atoms with Crippen molar-refractivity contribution in [1.29, 1.82) is 0 Å². The minimum atomic E-state index is -0.161. The molecule has 3 heterocycles. The first-order chi connectivity index (χ1) is 8.29. The van der Waals surface area contributed by atoms with Gasteiger partial charge in [-0.2, -0.15) is 9.61 Å². The Hall–Kier alpha value is -1.31. The van der Waals surface area contributed by atoms with Crippen LogP contribution >= 0.6 is 22.7 Å². The molecule has 2 N–H and O–H groups in total. The Kier molecular flexibility index (Phi) is 2.65. The van der Waals surface area contributed by atoms with Crippen LogP contribution < -0.4 is 5.73 Å². The number of hydrogen-bond donors (Lipinski definition) is 1. The predicted octanol–water partition coefficient (Wildman–Crippen LogP) is 1.86. The maximum Gasteiger partial charge on any atom is 0.234 e. The Bertz CT molecular complexity index is 624. The van der Waals surface area contributed by atoms with Crippen LogP contribution in [0.25, 0.3) is 4.96 Å². The highest BCUT2D eigenvalue weighted by molar-refractivity contribution is 7.17. The number of rotatable bonds is 3. The van der Waals surface area contributed by atoms with Crippen molar-refractivity contribution in [2.45, 2.75) is 19.4 Å². The van der Waals surface area contributed by atoms with Crippen molar-refractivity contribution in [2.24, 2.45) is 5.73 Å². The molecule has 0 aromatic carbocycles. The summed E-state index contributed by atoms with van der Waals surface area (Å²) >= 11 is 3.14. The van der Waals surface area contributed by atoms with E-state index in [1.807, 2.05) is 24.4 Å².